The monoisotopic (exact) mass is 1980 g/mol. The summed E-state index contributed by atoms with van der Waals surface area (Å²) < 4.78 is 43.8. The van der Waals surface area contributed by atoms with Crippen molar-refractivity contribution in [3.05, 3.63) is 281 Å². The number of benzene rings is 9. The first kappa shape index (κ1) is 118. The maximum atomic E-state index is 10.7. The van der Waals surface area contributed by atoms with Gasteiger partial charge in [-0.2, -0.15) is 0 Å². The van der Waals surface area contributed by atoms with Crippen molar-refractivity contribution in [1.82, 2.24) is 0 Å². The van der Waals surface area contributed by atoms with Gasteiger partial charge in [0.15, 0.2) is 0 Å². The lowest BCUT2D eigenvalue weighted by Gasteiger charge is -2.54. The van der Waals surface area contributed by atoms with E-state index in [1.54, 1.807) is 36.4 Å². The molecule has 0 amide bonds. The molecule has 17 unspecified atom stereocenters. The average molecular weight is 1980 g/mol. The number of phenolic OH excluding ortho intramolecular Hbond substituents is 3. The summed E-state index contributed by atoms with van der Waals surface area (Å²) in [5.74, 6) is 21.6. The van der Waals surface area contributed by atoms with E-state index in [1.807, 2.05) is 60.7 Å². The van der Waals surface area contributed by atoms with Gasteiger partial charge in [-0.05, 0) is 407 Å². The van der Waals surface area contributed by atoms with Crippen LogP contribution in [0.2, 0.25) is 0 Å². The van der Waals surface area contributed by atoms with Crippen LogP contribution in [0.4, 0.5) is 0 Å². The molecule has 9 aromatic rings. The minimum atomic E-state index is -0.277. The Kier molecular flexibility index (Phi) is 48.9. The van der Waals surface area contributed by atoms with Gasteiger partial charge in [-0.15, -0.1) is 0 Å². The molecule has 0 aromatic heterocycles. The Balaban J connectivity index is 0.000000173. The second-order valence-electron chi connectivity index (χ2n) is 46.3. The Morgan fingerprint density at radius 2 is 0.483 bits per heavy atom. The zero-order valence-corrected chi connectivity index (χ0v) is 94.3. The molecule has 11 nitrogen and oxygen atoms in total. The summed E-state index contributed by atoms with van der Waals surface area (Å²) in [6.07, 6.45) is 32.6. The van der Waals surface area contributed by atoms with Crippen molar-refractivity contribution in [3.8, 4) is 40.2 Å². The Morgan fingerprint density at radius 1 is 0.255 bits per heavy atom. The van der Waals surface area contributed by atoms with Crippen LogP contribution in [0.1, 0.15) is 431 Å². The minimum Gasteiger partial charge on any atom is -0.508 e. The van der Waals surface area contributed by atoms with Crippen molar-refractivity contribution in [1.29, 1.82) is 0 Å². The fraction of sp³-hybridized carbons (Fsp3) is 0.590. The zero-order chi connectivity index (χ0) is 105. The second kappa shape index (κ2) is 60.1. The number of aromatic hydroxyl groups is 3. The highest BCUT2D eigenvalue weighted by Crippen LogP contribution is 2.61. The summed E-state index contributed by atoms with van der Waals surface area (Å²) in [4.78, 5) is 10.7. The quantitative estimate of drug-likeness (QED) is 0.0202. The van der Waals surface area contributed by atoms with E-state index in [4.69, 9.17) is 48.5 Å². The minimum absolute atomic E-state index is 0.131. The lowest BCUT2D eigenvalue weighted by Crippen LogP contribution is -2.51. The number of carbonyl (C=O) groups excluding carboxylic acids is 1. The molecule has 11 saturated carbocycles. The first-order chi connectivity index (χ1) is 69.6. The number of ether oxygens (including phenoxy) is 7. The lowest BCUT2D eigenvalue weighted by molar-refractivity contribution is -0.211. The largest absolute Gasteiger partial charge is 0.508 e. The van der Waals surface area contributed by atoms with Crippen LogP contribution in [0, 0.1) is 88.8 Å². The molecule has 0 spiro atoms. The molecule has 145 heavy (non-hydrogen) atoms. The van der Waals surface area contributed by atoms with Crippen molar-refractivity contribution in [2.24, 2.45) is 88.8 Å². The highest BCUT2D eigenvalue weighted by atomic mass is 16.7. The Bertz CT molecular complexity index is 4680. The molecule has 796 valence electrons. The van der Waals surface area contributed by atoms with Crippen LogP contribution in [0.5, 0.6) is 40.2 Å². The molecule has 11 heteroatoms. The average Bonchev–Trinajstić information content (AvgIpc) is 0.847. The van der Waals surface area contributed by atoms with Gasteiger partial charge >= 0.3 is 5.97 Å². The Labute approximate surface area is 880 Å². The highest BCUT2D eigenvalue weighted by Gasteiger charge is 2.56. The first-order valence-corrected chi connectivity index (χ1v) is 57.7. The second-order valence-corrected chi connectivity index (χ2v) is 46.3. The summed E-state index contributed by atoms with van der Waals surface area (Å²) in [5.41, 5.74) is 12.2. The van der Waals surface area contributed by atoms with Crippen LogP contribution in [0.3, 0.4) is 0 Å². The van der Waals surface area contributed by atoms with E-state index >= 15 is 0 Å². The van der Waals surface area contributed by atoms with Gasteiger partial charge in [0, 0.05) is 24.7 Å². The molecular formula is C134H194O11. The third-order valence-corrected chi connectivity index (χ3v) is 34.6. The highest BCUT2D eigenvalue weighted by molar-refractivity contribution is 5.69. The van der Waals surface area contributed by atoms with Crippen molar-refractivity contribution >= 4 is 5.97 Å². The smallest absolute Gasteiger partial charge is 0.308 e. The summed E-state index contributed by atoms with van der Waals surface area (Å²) >= 11 is 0. The van der Waals surface area contributed by atoms with E-state index in [1.165, 1.54) is 185 Å². The van der Waals surface area contributed by atoms with Crippen LogP contribution in [-0.4, -0.2) is 58.5 Å². The summed E-state index contributed by atoms with van der Waals surface area (Å²) in [7, 11) is 0. The van der Waals surface area contributed by atoms with Gasteiger partial charge in [0.2, 0.25) is 18.9 Å². The molecule has 17 atom stereocenters. The fourth-order valence-electron chi connectivity index (χ4n) is 24.0. The maximum Gasteiger partial charge on any atom is 0.308 e. The maximum absolute atomic E-state index is 10.7. The molecule has 9 aromatic carbocycles. The Hall–Kier alpha value is -8.87. The number of carbonyl (C=O) groups is 1. The predicted octanol–water partition coefficient (Wildman–Crippen LogP) is 37.4. The van der Waals surface area contributed by atoms with E-state index in [2.05, 4.69) is 300 Å². The summed E-state index contributed by atoms with van der Waals surface area (Å²) in [6.45, 7) is 54.6. The summed E-state index contributed by atoms with van der Waals surface area (Å²) in [6, 6.07) is 77.2. The lowest BCUT2D eigenvalue weighted by atomic mass is 9.55. The molecule has 0 heterocycles. The Morgan fingerprint density at radius 3 is 0.724 bits per heavy atom. The molecule has 11 fully saturated rings. The standard InChI is InChI=1S/3C24H36O2.C12H16O2.3C10H14O.2C10H14/c2*1-5-16(4)19-6-8-22(9-7-19)25-24(15(2)3)26-23-20-11-17-10-18(13-20)14-21(23)12-17;1-5-16(4)17-9-11-19(12-10-17)25-24(15(2)3)26-23-14-18-13-22(23)21-8-6-7-20(18)21;1-4-9(2)11-5-7-12(8-6-11)14-10(3)13;3*1-3-8(2)9-4-6-10(11)7-5-9;2*1-3-9(2)10-7-5-4-6-8-10/h2*6-9,15-18,20-21,23-24H,5,10-14H2,1-4H3;9-12,15-16,18,20-24H,5-8,13-14H2,1-4H3;5-9H,4H2,1-3H3;3*4-8,11H,3H2,1-2H3;2*4-9H,3H2,1-2H3. The van der Waals surface area contributed by atoms with E-state index < -0.39 is 0 Å². The van der Waals surface area contributed by atoms with Crippen molar-refractivity contribution in [3.63, 3.8) is 0 Å². The van der Waals surface area contributed by atoms with E-state index in [0.29, 0.717) is 112 Å². The van der Waals surface area contributed by atoms with Crippen LogP contribution in [0.15, 0.2) is 231 Å². The van der Waals surface area contributed by atoms with Gasteiger partial charge in [0.25, 0.3) is 0 Å². The number of esters is 1. The third-order valence-electron chi connectivity index (χ3n) is 34.6. The number of fused-ring (bicyclic) bond motifs is 5. The van der Waals surface area contributed by atoms with Crippen LogP contribution in [-0.2, 0) is 19.0 Å². The predicted molar refractivity (Wildman–Crippen MR) is 606 cm³/mol. The van der Waals surface area contributed by atoms with Gasteiger partial charge in [0.1, 0.15) is 40.2 Å². The van der Waals surface area contributed by atoms with Gasteiger partial charge in [-0.3, -0.25) is 4.79 Å². The van der Waals surface area contributed by atoms with Crippen molar-refractivity contribution in [2.75, 3.05) is 0 Å². The van der Waals surface area contributed by atoms with Gasteiger partial charge in [-0.25, -0.2) is 0 Å². The van der Waals surface area contributed by atoms with Crippen molar-refractivity contribution in [2.45, 2.75) is 418 Å². The molecule has 10 bridgehead atoms. The van der Waals surface area contributed by atoms with Crippen LogP contribution in [0.25, 0.3) is 0 Å². The van der Waals surface area contributed by atoms with Gasteiger partial charge < -0.3 is 48.5 Å². The molecule has 11 aliphatic carbocycles. The van der Waals surface area contributed by atoms with Crippen LogP contribution < -0.4 is 18.9 Å². The summed E-state index contributed by atoms with van der Waals surface area (Å²) in [5, 5.41) is 27.0. The number of phenols is 3. The molecule has 0 aliphatic heterocycles. The molecule has 0 radical (unpaired) electrons. The van der Waals surface area contributed by atoms with Gasteiger partial charge in [0.05, 0.1) is 18.3 Å². The SMILES string of the molecule is CCC(C)c1ccc(O)cc1.CCC(C)c1ccc(O)cc1.CCC(C)c1ccc(O)cc1.CCC(C)c1ccc(OC(C)=O)cc1.CCC(C)c1ccc(OC(OC2C3CC4CC(C3)CC2C4)C(C)C)cc1.CCC(C)c1ccc(OC(OC2C3CC4CC(C3)CC2C4)C(C)C)cc1.CCC(C)c1ccc(OC(OC2CC3CC2C2CCCC32)C(C)C)cc1.CCC(C)c1ccccc1.CCC(C)c1ccccc1. The van der Waals surface area contributed by atoms with E-state index in [-0.39, 0.29) is 24.8 Å². The topological polar surface area (TPSA) is 142 Å². The number of hydrogen-bond acceptors (Lipinski definition) is 11. The molecule has 20 rings (SSSR count). The number of hydrogen-bond donors (Lipinski definition) is 3. The van der Waals surface area contributed by atoms with E-state index in [9.17, 15) is 4.79 Å². The third kappa shape index (κ3) is 36.2. The van der Waals surface area contributed by atoms with Crippen molar-refractivity contribution < 1.29 is 53.3 Å². The number of rotatable bonds is 34. The first-order valence-electron chi connectivity index (χ1n) is 57.7. The van der Waals surface area contributed by atoms with E-state index in [0.717, 1.165) is 114 Å². The van der Waals surface area contributed by atoms with Crippen LogP contribution >= 0.6 is 0 Å². The molecule has 0 saturated heterocycles. The zero-order valence-electron chi connectivity index (χ0n) is 94.3. The molecule has 11 aliphatic rings. The normalized spacial score (nSPS) is 24.7. The van der Waals surface area contributed by atoms with Gasteiger partial charge in [-0.1, -0.05) is 318 Å². The molecule has 3 N–H and O–H groups in total. The fourth-order valence-corrected chi connectivity index (χ4v) is 24.0. The molecular weight excluding hydrogens is 1790 g/mol.